The summed E-state index contributed by atoms with van der Waals surface area (Å²) in [5, 5.41) is 0.190. The molecule has 5 heteroatoms. The summed E-state index contributed by atoms with van der Waals surface area (Å²) in [5.74, 6) is 0. The maximum Gasteiger partial charge on any atom is 0.255 e. The van der Waals surface area contributed by atoms with Crippen molar-refractivity contribution in [3.05, 3.63) is 18.3 Å². The first kappa shape index (κ1) is 7.30. The van der Waals surface area contributed by atoms with Gasteiger partial charge in [-0.25, -0.2) is 13.1 Å². The average molecular weight is 160 g/mol. The first-order chi connectivity index (χ1) is 4.67. The van der Waals surface area contributed by atoms with Crippen molar-refractivity contribution in [2.45, 2.75) is 5.03 Å². The lowest BCUT2D eigenvalue weighted by molar-refractivity contribution is 0.585. The first-order valence-electron chi connectivity index (χ1n) is 2.74. The molecule has 0 unspecified atom stereocenters. The number of sulfonamides is 1. The topological polar surface area (TPSA) is 62.0 Å². The van der Waals surface area contributed by atoms with Gasteiger partial charge in [0, 0.05) is 6.20 Å². The van der Waals surface area contributed by atoms with Crippen molar-refractivity contribution < 1.29 is 8.42 Å². The van der Waals surface area contributed by atoms with Crippen LogP contribution in [0.15, 0.2) is 23.4 Å². The normalized spacial score (nSPS) is 11.7. The number of aromatic amines is 1. The van der Waals surface area contributed by atoms with Crippen LogP contribution in [0.3, 0.4) is 0 Å². The fraction of sp³-hybridized carbons (Fsp3) is 0.200. The fourth-order valence-corrected chi connectivity index (χ4v) is 1.29. The Labute approximate surface area is 59.3 Å². The Bertz CT molecular complexity index is 287. The van der Waals surface area contributed by atoms with E-state index in [4.69, 9.17) is 0 Å². The fourth-order valence-electron chi connectivity index (χ4n) is 0.591. The van der Waals surface area contributed by atoms with E-state index in [9.17, 15) is 8.42 Å². The van der Waals surface area contributed by atoms with E-state index in [1.54, 1.807) is 12.3 Å². The lowest BCUT2D eigenvalue weighted by Gasteiger charge is -1.95. The van der Waals surface area contributed by atoms with Crippen LogP contribution in [0.4, 0.5) is 0 Å². The molecule has 10 heavy (non-hydrogen) atoms. The zero-order valence-electron chi connectivity index (χ0n) is 5.46. The lowest BCUT2D eigenvalue weighted by atomic mass is 10.7. The van der Waals surface area contributed by atoms with Gasteiger partial charge in [-0.15, -0.1) is 0 Å². The van der Waals surface area contributed by atoms with Crippen LogP contribution in [-0.4, -0.2) is 20.4 Å². The highest BCUT2D eigenvalue weighted by Crippen LogP contribution is 2.01. The molecule has 0 spiro atoms. The second-order valence-corrected chi connectivity index (χ2v) is 3.60. The van der Waals surface area contributed by atoms with Crippen LogP contribution >= 0.6 is 0 Å². The molecule has 0 amide bonds. The summed E-state index contributed by atoms with van der Waals surface area (Å²) >= 11 is 0. The smallest absolute Gasteiger partial charge is 0.255 e. The Kier molecular flexibility index (Phi) is 1.78. The monoisotopic (exact) mass is 160 g/mol. The molecule has 1 aromatic rings. The number of hydrogen-bond donors (Lipinski definition) is 2. The van der Waals surface area contributed by atoms with Gasteiger partial charge in [-0.3, -0.25) is 0 Å². The Hall–Kier alpha value is -0.810. The van der Waals surface area contributed by atoms with Crippen molar-refractivity contribution in [3.8, 4) is 0 Å². The Morgan fingerprint density at radius 3 is 2.70 bits per heavy atom. The SMILES string of the molecule is CNS(=O)(=O)c1ccc[nH]1. The Morgan fingerprint density at radius 1 is 1.60 bits per heavy atom. The van der Waals surface area contributed by atoms with E-state index >= 15 is 0 Å². The van der Waals surface area contributed by atoms with E-state index < -0.39 is 10.0 Å². The standard InChI is InChI=1S/C5H8N2O2S/c1-6-10(8,9)5-3-2-4-7-5/h2-4,6-7H,1H3. The maximum atomic E-state index is 10.9. The van der Waals surface area contributed by atoms with Gasteiger partial charge in [-0.05, 0) is 19.2 Å². The quantitative estimate of drug-likeness (QED) is 0.635. The number of rotatable bonds is 2. The molecule has 4 nitrogen and oxygen atoms in total. The van der Waals surface area contributed by atoms with Crippen LogP contribution in [0.5, 0.6) is 0 Å². The summed E-state index contributed by atoms with van der Waals surface area (Å²) in [4.78, 5) is 2.58. The molecule has 2 N–H and O–H groups in total. The molecule has 0 saturated carbocycles. The van der Waals surface area contributed by atoms with E-state index in [1.807, 2.05) is 0 Å². The van der Waals surface area contributed by atoms with Gasteiger partial charge in [0.2, 0.25) is 0 Å². The van der Waals surface area contributed by atoms with Gasteiger partial charge < -0.3 is 4.98 Å². The highest BCUT2D eigenvalue weighted by molar-refractivity contribution is 7.89. The third-order valence-electron chi connectivity index (χ3n) is 1.13. The van der Waals surface area contributed by atoms with Crippen LogP contribution in [0.2, 0.25) is 0 Å². The van der Waals surface area contributed by atoms with Gasteiger partial charge in [0.25, 0.3) is 10.0 Å². The molecule has 0 saturated heterocycles. The first-order valence-corrected chi connectivity index (χ1v) is 4.22. The van der Waals surface area contributed by atoms with Crippen LogP contribution in [0, 0.1) is 0 Å². The highest BCUT2D eigenvalue weighted by atomic mass is 32.2. The molecular weight excluding hydrogens is 152 g/mol. The highest BCUT2D eigenvalue weighted by Gasteiger charge is 2.09. The zero-order chi connectivity index (χ0) is 7.61. The summed E-state index contributed by atoms with van der Waals surface area (Å²) in [7, 11) is -1.89. The number of nitrogens with one attached hydrogen (secondary N) is 2. The molecule has 0 radical (unpaired) electrons. The third kappa shape index (κ3) is 1.19. The predicted molar refractivity (Wildman–Crippen MR) is 37.0 cm³/mol. The number of hydrogen-bond acceptors (Lipinski definition) is 2. The molecule has 1 heterocycles. The Balaban J connectivity index is 3.09. The average Bonchev–Trinajstić information content (AvgIpc) is 2.38. The van der Waals surface area contributed by atoms with Crippen molar-refractivity contribution >= 4 is 10.0 Å². The molecule has 0 bridgehead atoms. The van der Waals surface area contributed by atoms with E-state index in [0.29, 0.717) is 0 Å². The zero-order valence-corrected chi connectivity index (χ0v) is 6.27. The van der Waals surface area contributed by atoms with Crippen molar-refractivity contribution in [2.24, 2.45) is 0 Å². The van der Waals surface area contributed by atoms with E-state index in [1.165, 1.54) is 13.1 Å². The lowest BCUT2D eigenvalue weighted by Crippen LogP contribution is -2.18. The molecule has 1 rings (SSSR count). The van der Waals surface area contributed by atoms with Gasteiger partial charge in [0.15, 0.2) is 0 Å². The van der Waals surface area contributed by atoms with Crippen molar-refractivity contribution in [1.29, 1.82) is 0 Å². The van der Waals surface area contributed by atoms with E-state index in [-0.39, 0.29) is 5.03 Å². The van der Waals surface area contributed by atoms with Crippen LogP contribution in [0.25, 0.3) is 0 Å². The number of H-pyrrole nitrogens is 1. The largest absolute Gasteiger partial charge is 0.351 e. The van der Waals surface area contributed by atoms with Gasteiger partial charge in [0.1, 0.15) is 5.03 Å². The number of aromatic nitrogens is 1. The molecular formula is C5H8N2O2S. The summed E-state index contributed by atoms with van der Waals surface area (Å²) in [6.07, 6.45) is 1.56. The summed E-state index contributed by atoms with van der Waals surface area (Å²) < 4.78 is 24.0. The van der Waals surface area contributed by atoms with Gasteiger partial charge >= 0.3 is 0 Å². The molecule has 56 valence electrons. The minimum absolute atomic E-state index is 0.190. The Morgan fingerprint density at radius 2 is 2.30 bits per heavy atom. The molecule has 0 fully saturated rings. The third-order valence-corrected chi connectivity index (χ3v) is 2.50. The molecule has 0 aliphatic carbocycles. The van der Waals surface area contributed by atoms with Gasteiger partial charge in [-0.2, -0.15) is 0 Å². The van der Waals surface area contributed by atoms with Gasteiger partial charge in [0.05, 0.1) is 0 Å². The van der Waals surface area contributed by atoms with Crippen molar-refractivity contribution in [3.63, 3.8) is 0 Å². The van der Waals surface area contributed by atoms with Crippen LogP contribution in [0.1, 0.15) is 0 Å². The van der Waals surface area contributed by atoms with E-state index in [0.717, 1.165) is 0 Å². The van der Waals surface area contributed by atoms with Crippen LogP contribution < -0.4 is 4.72 Å². The molecule has 1 aromatic heterocycles. The molecule has 0 aromatic carbocycles. The molecule has 0 atom stereocenters. The summed E-state index contributed by atoms with van der Waals surface area (Å²) in [6, 6.07) is 3.12. The summed E-state index contributed by atoms with van der Waals surface area (Å²) in [5.41, 5.74) is 0. The van der Waals surface area contributed by atoms with E-state index in [2.05, 4.69) is 9.71 Å². The predicted octanol–water partition coefficient (Wildman–Crippen LogP) is -0.0772. The van der Waals surface area contributed by atoms with Crippen molar-refractivity contribution in [1.82, 2.24) is 9.71 Å². The second kappa shape index (κ2) is 2.43. The summed E-state index contributed by atoms with van der Waals surface area (Å²) in [6.45, 7) is 0. The minimum Gasteiger partial charge on any atom is -0.351 e. The molecule has 0 aliphatic heterocycles. The second-order valence-electron chi connectivity index (χ2n) is 1.74. The van der Waals surface area contributed by atoms with Gasteiger partial charge in [-0.1, -0.05) is 0 Å². The molecule has 0 aliphatic rings. The maximum absolute atomic E-state index is 10.9. The van der Waals surface area contributed by atoms with Crippen LogP contribution in [-0.2, 0) is 10.0 Å². The van der Waals surface area contributed by atoms with Crippen molar-refractivity contribution in [2.75, 3.05) is 7.05 Å². The minimum atomic E-state index is -3.26.